The van der Waals surface area contributed by atoms with E-state index in [9.17, 15) is 9.90 Å². The Morgan fingerprint density at radius 1 is 1.53 bits per heavy atom. The summed E-state index contributed by atoms with van der Waals surface area (Å²) in [5, 5.41) is 12.8. The molecule has 4 atom stereocenters. The first-order chi connectivity index (χ1) is 7.95. The number of carbonyl (C=O) groups is 1. The van der Waals surface area contributed by atoms with E-state index in [-0.39, 0.29) is 24.1 Å². The first-order valence-corrected chi connectivity index (χ1v) is 6.68. The second kappa shape index (κ2) is 6.36. The van der Waals surface area contributed by atoms with Gasteiger partial charge in [-0.05, 0) is 39.2 Å². The third kappa shape index (κ3) is 3.96. The molecule has 4 heteroatoms. The Hall–Kier alpha value is -0.610. The zero-order valence-corrected chi connectivity index (χ0v) is 11.4. The van der Waals surface area contributed by atoms with Gasteiger partial charge in [-0.2, -0.15) is 0 Å². The monoisotopic (exact) mass is 242 g/mol. The zero-order chi connectivity index (χ0) is 13.0. The van der Waals surface area contributed by atoms with Gasteiger partial charge < -0.3 is 10.4 Å². The van der Waals surface area contributed by atoms with Crippen LogP contribution < -0.4 is 5.32 Å². The van der Waals surface area contributed by atoms with E-state index in [2.05, 4.69) is 24.1 Å². The number of carbonyl (C=O) groups excluding carboxylic acids is 1. The van der Waals surface area contributed by atoms with Crippen molar-refractivity contribution in [2.24, 2.45) is 5.92 Å². The van der Waals surface area contributed by atoms with Gasteiger partial charge in [0, 0.05) is 12.6 Å². The van der Waals surface area contributed by atoms with Crippen LogP contribution in [0.2, 0.25) is 0 Å². The van der Waals surface area contributed by atoms with Crippen molar-refractivity contribution in [2.75, 3.05) is 13.1 Å². The van der Waals surface area contributed by atoms with Crippen LogP contribution in [-0.2, 0) is 4.79 Å². The van der Waals surface area contributed by atoms with Gasteiger partial charge in [-0.25, -0.2) is 0 Å². The molecule has 1 fully saturated rings. The second-order valence-corrected chi connectivity index (χ2v) is 5.32. The van der Waals surface area contributed by atoms with Gasteiger partial charge in [0.2, 0.25) is 5.91 Å². The number of hydrogen-bond acceptors (Lipinski definition) is 3. The summed E-state index contributed by atoms with van der Waals surface area (Å²) in [6, 6.07) is 0.0738. The predicted molar refractivity (Wildman–Crippen MR) is 68.7 cm³/mol. The van der Waals surface area contributed by atoms with Crippen LogP contribution in [0.1, 0.15) is 40.5 Å². The van der Waals surface area contributed by atoms with Crippen molar-refractivity contribution in [3.05, 3.63) is 0 Å². The number of nitrogens with one attached hydrogen (secondary N) is 1. The van der Waals surface area contributed by atoms with E-state index in [1.165, 1.54) is 0 Å². The van der Waals surface area contributed by atoms with Gasteiger partial charge in [-0.3, -0.25) is 9.69 Å². The van der Waals surface area contributed by atoms with Crippen LogP contribution >= 0.6 is 0 Å². The third-order valence-corrected chi connectivity index (χ3v) is 3.88. The van der Waals surface area contributed by atoms with Crippen LogP contribution in [0.25, 0.3) is 0 Å². The van der Waals surface area contributed by atoms with Gasteiger partial charge in [0.05, 0.1) is 12.1 Å². The van der Waals surface area contributed by atoms with Gasteiger partial charge in [0.15, 0.2) is 0 Å². The van der Waals surface area contributed by atoms with E-state index >= 15 is 0 Å². The fourth-order valence-electron chi connectivity index (χ4n) is 2.06. The Balaban J connectivity index is 2.46. The van der Waals surface area contributed by atoms with E-state index in [4.69, 9.17) is 0 Å². The number of rotatable bonds is 4. The number of aliphatic hydroxyl groups excluding tert-OH is 1. The highest BCUT2D eigenvalue weighted by molar-refractivity contribution is 5.81. The quantitative estimate of drug-likeness (QED) is 0.773. The molecule has 1 aliphatic heterocycles. The SMILES string of the molecule is CCC(C)NC(=O)C(C)N1CCC(C)C(O)C1. The fourth-order valence-corrected chi connectivity index (χ4v) is 2.06. The van der Waals surface area contributed by atoms with E-state index in [1.54, 1.807) is 0 Å². The average Bonchev–Trinajstić information content (AvgIpc) is 2.31. The van der Waals surface area contributed by atoms with Gasteiger partial charge >= 0.3 is 0 Å². The fraction of sp³-hybridized carbons (Fsp3) is 0.923. The maximum atomic E-state index is 12.0. The molecule has 0 saturated carbocycles. The minimum absolute atomic E-state index is 0.0705. The van der Waals surface area contributed by atoms with Crippen LogP contribution in [0.5, 0.6) is 0 Å². The first kappa shape index (κ1) is 14.5. The standard InChI is InChI=1S/C13H26N2O2/c1-5-10(3)14-13(17)11(4)15-7-6-9(2)12(16)8-15/h9-12,16H,5-8H2,1-4H3,(H,14,17). The molecular weight excluding hydrogens is 216 g/mol. The molecule has 4 unspecified atom stereocenters. The van der Waals surface area contributed by atoms with E-state index in [1.807, 2.05) is 13.8 Å². The smallest absolute Gasteiger partial charge is 0.237 e. The molecule has 0 bridgehead atoms. The molecule has 1 saturated heterocycles. The highest BCUT2D eigenvalue weighted by Gasteiger charge is 2.30. The first-order valence-electron chi connectivity index (χ1n) is 6.68. The predicted octanol–water partition coefficient (Wildman–Crippen LogP) is 0.992. The number of likely N-dealkylation sites (tertiary alicyclic amines) is 1. The summed E-state index contributed by atoms with van der Waals surface area (Å²) in [5.41, 5.74) is 0. The molecule has 0 aromatic carbocycles. The van der Waals surface area contributed by atoms with Gasteiger partial charge in [-0.15, -0.1) is 0 Å². The van der Waals surface area contributed by atoms with Gasteiger partial charge in [0.25, 0.3) is 0 Å². The van der Waals surface area contributed by atoms with Crippen LogP contribution in [0.3, 0.4) is 0 Å². The molecule has 0 spiro atoms. The van der Waals surface area contributed by atoms with Gasteiger partial charge in [-0.1, -0.05) is 13.8 Å². The summed E-state index contributed by atoms with van der Waals surface area (Å²) in [5.74, 6) is 0.414. The molecule has 4 nitrogen and oxygen atoms in total. The summed E-state index contributed by atoms with van der Waals surface area (Å²) < 4.78 is 0. The zero-order valence-electron chi connectivity index (χ0n) is 11.4. The van der Waals surface area contributed by atoms with Crippen molar-refractivity contribution in [2.45, 2.75) is 58.7 Å². The molecule has 1 heterocycles. The molecule has 0 aromatic heterocycles. The molecule has 100 valence electrons. The number of hydrogen-bond donors (Lipinski definition) is 2. The molecule has 1 rings (SSSR count). The largest absolute Gasteiger partial charge is 0.392 e. The number of aliphatic hydroxyl groups is 1. The third-order valence-electron chi connectivity index (χ3n) is 3.88. The second-order valence-electron chi connectivity index (χ2n) is 5.32. The Bertz CT molecular complexity index is 258. The van der Waals surface area contributed by atoms with Crippen molar-refractivity contribution in [3.8, 4) is 0 Å². The van der Waals surface area contributed by atoms with Crippen molar-refractivity contribution in [1.29, 1.82) is 0 Å². The Kier molecular flexibility index (Phi) is 5.40. The summed E-state index contributed by atoms with van der Waals surface area (Å²) in [4.78, 5) is 14.0. The maximum absolute atomic E-state index is 12.0. The van der Waals surface area contributed by atoms with E-state index in [0.717, 1.165) is 19.4 Å². The maximum Gasteiger partial charge on any atom is 0.237 e. The summed E-state index contributed by atoms with van der Waals surface area (Å²) >= 11 is 0. The number of amides is 1. The van der Waals surface area contributed by atoms with Crippen molar-refractivity contribution >= 4 is 5.91 Å². The highest BCUT2D eigenvalue weighted by Crippen LogP contribution is 2.18. The number of β-amino-alcohol motifs (C(OH)–C–C–N with tert-alkyl or cyclic N) is 1. The van der Waals surface area contributed by atoms with Crippen LogP contribution in [0, 0.1) is 5.92 Å². The average molecular weight is 242 g/mol. The van der Waals surface area contributed by atoms with E-state index < -0.39 is 0 Å². The Morgan fingerprint density at radius 3 is 2.71 bits per heavy atom. The molecule has 1 aliphatic rings. The molecule has 2 N–H and O–H groups in total. The van der Waals surface area contributed by atoms with Crippen molar-refractivity contribution in [1.82, 2.24) is 10.2 Å². The summed E-state index contributed by atoms with van der Waals surface area (Å²) in [6.07, 6.45) is 1.60. The molecule has 0 aliphatic carbocycles. The summed E-state index contributed by atoms with van der Waals surface area (Å²) in [7, 11) is 0. The normalized spacial score (nSPS) is 29.7. The van der Waals surface area contributed by atoms with E-state index in [0.29, 0.717) is 12.5 Å². The highest BCUT2D eigenvalue weighted by atomic mass is 16.3. The van der Waals surface area contributed by atoms with Crippen LogP contribution in [0.4, 0.5) is 0 Å². The lowest BCUT2D eigenvalue weighted by Gasteiger charge is -2.37. The molecule has 0 radical (unpaired) electrons. The van der Waals surface area contributed by atoms with Crippen LogP contribution in [0.15, 0.2) is 0 Å². The lowest BCUT2D eigenvalue weighted by atomic mass is 9.95. The number of nitrogens with zero attached hydrogens (tertiary/aromatic N) is 1. The van der Waals surface area contributed by atoms with Crippen molar-refractivity contribution < 1.29 is 9.90 Å². The molecular formula is C13H26N2O2. The molecule has 1 amide bonds. The van der Waals surface area contributed by atoms with Crippen LogP contribution in [-0.4, -0.2) is 47.2 Å². The molecule has 17 heavy (non-hydrogen) atoms. The Morgan fingerprint density at radius 2 is 2.18 bits per heavy atom. The number of piperidine rings is 1. The minimum Gasteiger partial charge on any atom is -0.392 e. The summed E-state index contributed by atoms with van der Waals surface area (Å²) in [6.45, 7) is 9.55. The lowest BCUT2D eigenvalue weighted by Crippen LogP contribution is -2.53. The minimum atomic E-state index is -0.303. The lowest BCUT2D eigenvalue weighted by molar-refractivity contribution is -0.128. The van der Waals surface area contributed by atoms with Gasteiger partial charge in [0.1, 0.15) is 0 Å². The Labute approximate surface area is 104 Å². The molecule has 0 aromatic rings. The van der Waals surface area contributed by atoms with Crippen molar-refractivity contribution in [3.63, 3.8) is 0 Å². The topological polar surface area (TPSA) is 52.6 Å².